The lowest BCUT2D eigenvalue weighted by Gasteiger charge is -2.14. The van der Waals surface area contributed by atoms with Gasteiger partial charge >= 0.3 is 0 Å². The number of pyridine rings is 1. The van der Waals surface area contributed by atoms with Crippen LogP contribution in [0.4, 0.5) is 0 Å². The van der Waals surface area contributed by atoms with Gasteiger partial charge in [-0.25, -0.2) is 8.42 Å². The van der Waals surface area contributed by atoms with Crippen LogP contribution in [0.25, 0.3) is 0 Å². The van der Waals surface area contributed by atoms with Crippen LogP contribution in [0, 0.1) is 0 Å². The number of nitrogens with two attached hydrogens (primary N) is 1. The smallest absolute Gasteiger partial charge is 0.268 e. The number of hydrogen-bond acceptors (Lipinski definition) is 4. The molecule has 0 saturated carbocycles. The summed E-state index contributed by atoms with van der Waals surface area (Å²) in [5.41, 5.74) is 5.05. The summed E-state index contributed by atoms with van der Waals surface area (Å²) in [6.07, 6.45) is 2.03. The van der Waals surface area contributed by atoms with E-state index in [4.69, 9.17) is 5.73 Å². The Morgan fingerprint density at radius 3 is 2.81 bits per heavy atom. The van der Waals surface area contributed by atoms with E-state index in [9.17, 15) is 13.2 Å². The Morgan fingerprint density at radius 2 is 2.25 bits per heavy atom. The van der Waals surface area contributed by atoms with E-state index in [2.05, 4.69) is 4.98 Å². The van der Waals surface area contributed by atoms with E-state index in [-0.39, 0.29) is 17.5 Å². The van der Waals surface area contributed by atoms with Gasteiger partial charge in [0, 0.05) is 25.3 Å². The largest absolute Gasteiger partial charge is 0.328 e. The topological polar surface area (TPSA) is 96.3 Å². The van der Waals surface area contributed by atoms with Crippen molar-refractivity contribution in [3.63, 3.8) is 0 Å². The highest BCUT2D eigenvalue weighted by Gasteiger charge is 2.32. The van der Waals surface area contributed by atoms with Gasteiger partial charge in [-0.05, 0) is 18.6 Å². The first-order chi connectivity index (χ1) is 7.51. The zero-order chi connectivity index (χ0) is 11.8. The summed E-state index contributed by atoms with van der Waals surface area (Å²) in [5, 5.41) is 0. The molecule has 1 aromatic rings. The van der Waals surface area contributed by atoms with Crippen molar-refractivity contribution < 1.29 is 8.42 Å². The highest BCUT2D eigenvalue weighted by atomic mass is 32.2. The van der Waals surface area contributed by atoms with Crippen molar-refractivity contribution in [2.45, 2.75) is 17.4 Å². The molecule has 0 aromatic carbocycles. The van der Waals surface area contributed by atoms with Crippen molar-refractivity contribution in [1.82, 2.24) is 9.29 Å². The minimum atomic E-state index is -3.69. The third-order valence-corrected chi connectivity index (χ3v) is 4.48. The van der Waals surface area contributed by atoms with Crippen LogP contribution >= 0.6 is 0 Å². The molecule has 2 heterocycles. The molecule has 1 fully saturated rings. The Kier molecular flexibility index (Phi) is 2.83. The average Bonchev–Trinajstić information content (AvgIpc) is 2.66. The molecule has 1 aliphatic rings. The molecule has 1 unspecified atom stereocenters. The van der Waals surface area contributed by atoms with Gasteiger partial charge in [0.2, 0.25) is 10.0 Å². The molecule has 1 atom stereocenters. The molecule has 7 heteroatoms. The molecule has 1 aliphatic heterocycles. The Labute approximate surface area is 93.1 Å². The van der Waals surface area contributed by atoms with Gasteiger partial charge in [0.1, 0.15) is 4.90 Å². The molecule has 2 rings (SSSR count). The maximum Gasteiger partial charge on any atom is 0.268 e. The van der Waals surface area contributed by atoms with E-state index in [1.807, 2.05) is 0 Å². The van der Waals surface area contributed by atoms with Crippen molar-refractivity contribution in [2.75, 3.05) is 13.1 Å². The quantitative estimate of drug-likeness (QED) is 0.703. The summed E-state index contributed by atoms with van der Waals surface area (Å²) in [5.74, 6) is 0. The van der Waals surface area contributed by atoms with Gasteiger partial charge in [0.25, 0.3) is 5.56 Å². The normalized spacial score (nSPS) is 22.4. The van der Waals surface area contributed by atoms with E-state index >= 15 is 0 Å². The van der Waals surface area contributed by atoms with E-state index in [1.165, 1.54) is 22.6 Å². The van der Waals surface area contributed by atoms with Gasteiger partial charge in [0.15, 0.2) is 0 Å². The van der Waals surface area contributed by atoms with Gasteiger partial charge in [-0.1, -0.05) is 0 Å². The molecular weight excluding hydrogens is 230 g/mol. The Hall–Kier alpha value is -1.18. The van der Waals surface area contributed by atoms with Crippen molar-refractivity contribution in [2.24, 2.45) is 5.73 Å². The van der Waals surface area contributed by atoms with Crippen molar-refractivity contribution in [1.29, 1.82) is 0 Å². The lowest BCUT2D eigenvalue weighted by atomic mass is 10.3. The lowest BCUT2D eigenvalue weighted by molar-refractivity contribution is 0.471. The predicted octanol–water partition coefficient (Wildman–Crippen LogP) is -0.903. The molecule has 0 aliphatic carbocycles. The highest BCUT2D eigenvalue weighted by Crippen LogP contribution is 2.17. The van der Waals surface area contributed by atoms with E-state index in [0.29, 0.717) is 13.0 Å². The minimum absolute atomic E-state index is 0.141. The second-order valence-electron chi connectivity index (χ2n) is 3.78. The second kappa shape index (κ2) is 4.00. The number of aromatic amines is 1. The monoisotopic (exact) mass is 243 g/mol. The van der Waals surface area contributed by atoms with Crippen LogP contribution in [-0.4, -0.2) is 36.8 Å². The molecule has 0 bridgehead atoms. The second-order valence-corrected chi connectivity index (χ2v) is 5.68. The number of H-pyrrole nitrogens is 1. The molecule has 0 radical (unpaired) electrons. The van der Waals surface area contributed by atoms with Crippen LogP contribution in [-0.2, 0) is 10.0 Å². The van der Waals surface area contributed by atoms with Crippen LogP contribution < -0.4 is 11.3 Å². The molecule has 6 nitrogen and oxygen atoms in total. The number of rotatable bonds is 2. The number of aromatic nitrogens is 1. The van der Waals surface area contributed by atoms with Crippen LogP contribution in [0.15, 0.2) is 28.0 Å². The summed E-state index contributed by atoms with van der Waals surface area (Å²) in [4.78, 5) is 13.5. The van der Waals surface area contributed by atoms with Gasteiger partial charge in [-0.15, -0.1) is 0 Å². The molecule has 3 N–H and O–H groups in total. The van der Waals surface area contributed by atoms with E-state index < -0.39 is 15.6 Å². The zero-order valence-electron chi connectivity index (χ0n) is 8.59. The molecule has 1 saturated heterocycles. The van der Waals surface area contributed by atoms with Crippen LogP contribution in [0.5, 0.6) is 0 Å². The third-order valence-electron chi connectivity index (χ3n) is 2.59. The first-order valence-corrected chi connectivity index (χ1v) is 6.39. The van der Waals surface area contributed by atoms with Gasteiger partial charge in [-0.3, -0.25) is 4.79 Å². The molecule has 1 aromatic heterocycles. The Balaban J connectivity index is 2.40. The maximum absolute atomic E-state index is 12.1. The Morgan fingerprint density at radius 1 is 1.50 bits per heavy atom. The molecule has 16 heavy (non-hydrogen) atoms. The number of hydrogen-bond donors (Lipinski definition) is 2. The molecule has 0 amide bonds. The summed E-state index contributed by atoms with van der Waals surface area (Å²) >= 11 is 0. The summed E-state index contributed by atoms with van der Waals surface area (Å²) in [6, 6.07) is 2.65. The van der Waals surface area contributed by atoms with Crippen molar-refractivity contribution in [3.8, 4) is 0 Å². The van der Waals surface area contributed by atoms with Crippen LogP contribution in [0.2, 0.25) is 0 Å². The SMILES string of the molecule is NC1CCN(S(=O)(=O)c2ccc[nH]c2=O)C1. The van der Waals surface area contributed by atoms with Gasteiger partial charge in [0.05, 0.1) is 0 Å². The zero-order valence-corrected chi connectivity index (χ0v) is 9.40. The predicted molar refractivity (Wildman–Crippen MR) is 58.4 cm³/mol. The fourth-order valence-electron chi connectivity index (χ4n) is 1.72. The number of sulfonamides is 1. The first-order valence-electron chi connectivity index (χ1n) is 4.95. The lowest BCUT2D eigenvalue weighted by Crippen LogP contribution is -2.34. The average molecular weight is 243 g/mol. The number of nitrogens with one attached hydrogen (secondary N) is 1. The highest BCUT2D eigenvalue weighted by molar-refractivity contribution is 7.89. The Bertz CT molecular complexity index is 537. The molecule has 0 spiro atoms. The molecule has 88 valence electrons. The van der Waals surface area contributed by atoms with Gasteiger partial charge in [-0.2, -0.15) is 4.31 Å². The first kappa shape index (κ1) is 11.3. The van der Waals surface area contributed by atoms with Crippen LogP contribution in [0.1, 0.15) is 6.42 Å². The van der Waals surface area contributed by atoms with Crippen molar-refractivity contribution in [3.05, 3.63) is 28.7 Å². The fraction of sp³-hybridized carbons (Fsp3) is 0.444. The minimum Gasteiger partial charge on any atom is -0.328 e. The molecular formula is C9H13N3O3S. The fourth-order valence-corrected chi connectivity index (χ4v) is 3.28. The summed E-state index contributed by atoms with van der Waals surface area (Å²) in [7, 11) is -3.69. The van der Waals surface area contributed by atoms with E-state index in [0.717, 1.165) is 0 Å². The summed E-state index contributed by atoms with van der Waals surface area (Å²) in [6.45, 7) is 0.647. The maximum atomic E-state index is 12.1. The summed E-state index contributed by atoms with van der Waals surface area (Å²) < 4.78 is 25.4. The standard InChI is InChI=1S/C9H13N3O3S/c10-7-3-5-12(6-7)16(14,15)8-2-1-4-11-9(8)13/h1-2,4,7H,3,5-6,10H2,(H,11,13). The van der Waals surface area contributed by atoms with Crippen LogP contribution in [0.3, 0.4) is 0 Å². The van der Waals surface area contributed by atoms with Gasteiger partial charge < -0.3 is 10.7 Å². The van der Waals surface area contributed by atoms with E-state index in [1.54, 1.807) is 0 Å². The third kappa shape index (κ3) is 1.89. The van der Waals surface area contributed by atoms with Crippen molar-refractivity contribution >= 4 is 10.0 Å². The number of nitrogens with zero attached hydrogens (tertiary/aromatic N) is 1.